The fourth-order valence-corrected chi connectivity index (χ4v) is 1.22. The Bertz CT molecular complexity index is 451. The summed E-state index contributed by atoms with van der Waals surface area (Å²) < 4.78 is 6.60. The fourth-order valence-electron chi connectivity index (χ4n) is 1.22. The first-order chi connectivity index (χ1) is 7.85. The number of carbonyl (C=O) groups excluding carboxylic acids is 1. The number of rotatable bonds is 3. The highest BCUT2D eigenvalue weighted by Crippen LogP contribution is 2.17. The van der Waals surface area contributed by atoms with Gasteiger partial charge in [-0.3, -0.25) is 0 Å². The molecule has 6 heteroatoms. The Labute approximate surface area is 100.0 Å². The molecule has 0 bridgehead atoms. The van der Waals surface area contributed by atoms with Gasteiger partial charge in [-0.2, -0.15) is 10.4 Å². The maximum absolute atomic E-state index is 11.7. The van der Waals surface area contributed by atoms with E-state index in [1.807, 2.05) is 6.07 Å². The molecular formula is C11H16N4O2. The smallest absolute Gasteiger partial charge is 0.344 e. The lowest BCUT2D eigenvalue weighted by atomic mass is 10.2. The molecule has 0 unspecified atom stereocenters. The molecular weight excluding hydrogens is 220 g/mol. The average Bonchev–Trinajstić information content (AvgIpc) is 2.54. The maximum Gasteiger partial charge on any atom is 0.344 e. The van der Waals surface area contributed by atoms with E-state index in [-0.39, 0.29) is 11.4 Å². The highest BCUT2D eigenvalue weighted by molar-refractivity contribution is 5.94. The molecule has 0 aromatic carbocycles. The lowest BCUT2D eigenvalue weighted by molar-refractivity contribution is 0.00708. The first-order valence-electron chi connectivity index (χ1n) is 5.26. The van der Waals surface area contributed by atoms with Crippen molar-refractivity contribution >= 4 is 11.8 Å². The van der Waals surface area contributed by atoms with E-state index in [2.05, 4.69) is 5.10 Å². The van der Waals surface area contributed by atoms with Crippen LogP contribution < -0.4 is 5.73 Å². The van der Waals surface area contributed by atoms with Crippen molar-refractivity contribution in [3.05, 3.63) is 11.8 Å². The molecule has 0 saturated heterocycles. The molecule has 0 spiro atoms. The summed E-state index contributed by atoms with van der Waals surface area (Å²) >= 11 is 0. The van der Waals surface area contributed by atoms with Gasteiger partial charge in [0.2, 0.25) is 0 Å². The fraction of sp³-hybridized carbons (Fsp3) is 0.545. The van der Waals surface area contributed by atoms with Gasteiger partial charge in [-0.25, -0.2) is 9.48 Å². The van der Waals surface area contributed by atoms with E-state index in [0.717, 1.165) is 0 Å². The van der Waals surface area contributed by atoms with Crippen LogP contribution in [0.2, 0.25) is 0 Å². The van der Waals surface area contributed by atoms with Crippen molar-refractivity contribution in [2.45, 2.75) is 39.3 Å². The lowest BCUT2D eigenvalue weighted by Gasteiger charge is -2.19. The second kappa shape index (κ2) is 4.87. The van der Waals surface area contributed by atoms with E-state index < -0.39 is 11.6 Å². The van der Waals surface area contributed by atoms with Crippen LogP contribution in [0.4, 0.5) is 5.82 Å². The molecule has 0 radical (unpaired) electrons. The Morgan fingerprint density at radius 2 is 2.29 bits per heavy atom. The topological polar surface area (TPSA) is 93.9 Å². The number of carbonyl (C=O) groups is 1. The minimum absolute atomic E-state index is 0.231. The molecule has 0 aliphatic carbocycles. The summed E-state index contributed by atoms with van der Waals surface area (Å²) in [6.07, 6.45) is 1.65. The Hall–Kier alpha value is -2.03. The maximum atomic E-state index is 11.7. The molecule has 0 saturated carbocycles. The molecule has 92 valence electrons. The lowest BCUT2D eigenvalue weighted by Crippen LogP contribution is -2.24. The summed E-state index contributed by atoms with van der Waals surface area (Å²) in [5, 5.41) is 12.4. The summed E-state index contributed by atoms with van der Waals surface area (Å²) in [7, 11) is 0. The minimum atomic E-state index is -0.571. The van der Waals surface area contributed by atoms with Gasteiger partial charge in [0.25, 0.3) is 0 Å². The highest BCUT2D eigenvalue weighted by atomic mass is 16.6. The zero-order valence-corrected chi connectivity index (χ0v) is 10.2. The van der Waals surface area contributed by atoms with Gasteiger partial charge in [0.05, 0.1) is 25.2 Å². The molecule has 6 nitrogen and oxygen atoms in total. The number of hydrogen-bond donors (Lipinski definition) is 1. The van der Waals surface area contributed by atoms with Gasteiger partial charge in [-0.1, -0.05) is 0 Å². The minimum Gasteiger partial charge on any atom is -0.456 e. The molecule has 2 N–H and O–H groups in total. The van der Waals surface area contributed by atoms with E-state index in [1.54, 1.807) is 20.8 Å². The van der Waals surface area contributed by atoms with Gasteiger partial charge in [0.1, 0.15) is 17.0 Å². The van der Waals surface area contributed by atoms with Crippen molar-refractivity contribution in [2.75, 3.05) is 5.73 Å². The van der Waals surface area contributed by atoms with Crippen molar-refractivity contribution in [1.29, 1.82) is 5.26 Å². The van der Waals surface area contributed by atoms with Gasteiger partial charge < -0.3 is 10.5 Å². The number of nitriles is 1. The molecule has 1 aromatic heterocycles. The largest absolute Gasteiger partial charge is 0.456 e. The quantitative estimate of drug-likeness (QED) is 0.799. The number of nitrogens with two attached hydrogens (primary N) is 1. The van der Waals surface area contributed by atoms with Gasteiger partial charge in [-0.05, 0) is 20.8 Å². The van der Waals surface area contributed by atoms with Crippen molar-refractivity contribution in [3.63, 3.8) is 0 Å². The normalized spacial score (nSPS) is 10.9. The summed E-state index contributed by atoms with van der Waals surface area (Å²) in [5.41, 5.74) is 5.42. The molecule has 1 heterocycles. The van der Waals surface area contributed by atoms with E-state index in [4.69, 9.17) is 15.7 Å². The Morgan fingerprint density at radius 3 is 2.82 bits per heavy atom. The Kier molecular flexibility index (Phi) is 3.73. The van der Waals surface area contributed by atoms with Crippen molar-refractivity contribution < 1.29 is 9.53 Å². The van der Waals surface area contributed by atoms with E-state index >= 15 is 0 Å². The molecule has 17 heavy (non-hydrogen) atoms. The van der Waals surface area contributed by atoms with Crippen molar-refractivity contribution in [3.8, 4) is 6.07 Å². The summed E-state index contributed by atoms with van der Waals surface area (Å²) in [4.78, 5) is 11.7. The molecule has 1 aromatic rings. The van der Waals surface area contributed by atoms with E-state index in [9.17, 15) is 4.79 Å². The second-order valence-electron chi connectivity index (χ2n) is 4.58. The van der Waals surface area contributed by atoms with Crippen molar-refractivity contribution in [2.24, 2.45) is 0 Å². The SMILES string of the molecule is CC(C)(C)OC(=O)c1cnn(CCC#N)c1N. The molecule has 0 fully saturated rings. The van der Waals surface area contributed by atoms with Crippen LogP contribution in [0, 0.1) is 11.3 Å². The molecule has 0 aliphatic rings. The Morgan fingerprint density at radius 1 is 1.65 bits per heavy atom. The Balaban J connectivity index is 2.83. The third kappa shape index (κ3) is 3.48. The second-order valence-corrected chi connectivity index (χ2v) is 4.58. The van der Waals surface area contributed by atoms with Crippen LogP contribution in [0.15, 0.2) is 6.20 Å². The molecule has 0 amide bonds. The number of nitrogen functional groups attached to an aromatic ring is 1. The molecule has 1 rings (SSSR count). The van der Waals surface area contributed by atoms with Crippen LogP contribution in [0.3, 0.4) is 0 Å². The molecule has 0 aliphatic heterocycles. The highest BCUT2D eigenvalue weighted by Gasteiger charge is 2.22. The zero-order valence-electron chi connectivity index (χ0n) is 10.2. The number of aryl methyl sites for hydroxylation is 1. The van der Waals surface area contributed by atoms with Gasteiger partial charge in [0, 0.05) is 0 Å². The predicted octanol–water partition coefficient (Wildman–Crippen LogP) is 1.33. The number of hydrogen-bond acceptors (Lipinski definition) is 5. The summed E-state index contributed by atoms with van der Waals surface area (Å²) in [6.45, 7) is 5.70. The van der Waals surface area contributed by atoms with E-state index in [0.29, 0.717) is 13.0 Å². The number of aromatic nitrogens is 2. The average molecular weight is 236 g/mol. The number of esters is 1. The van der Waals surface area contributed by atoms with Crippen LogP contribution >= 0.6 is 0 Å². The number of ether oxygens (including phenoxy) is 1. The number of nitrogens with zero attached hydrogens (tertiary/aromatic N) is 3. The third-order valence-corrected chi connectivity index (χ3v) is 1.93. The number of anilines is 1. The monoisotopic (exact) mass is 236 g/mol. The zero-order chi connectivity index (χ0) is 13.1. The third-order valence-electron chi connectivity index (χ3n) is 1.93. The first kappa shape index (κ1) is 13.0. The summed E-state index contributed by atoms with van der Waals surface area (Å²) in [6, 6.07) is 1.99. The van der Waals surface area contributed by atoms with Gasteiger partial charge in [-0.15, -0.1) is 0 Å². The van der Waals surface area contributed by atoms with Crippen LogP contribution in [-0.4, -0.2) is 21.4 Å². The summed E-state index contributed by atoms with van der Waals surface area (Å²) in [5.74, 6) is -0.271. The van der Waals surface area contributed by atoms with Crippen LogP contribution in [0.25, 0.3) is 0 Å². The van der Waals surface area contributed by atoms with Gasteiger partial charge in [0.15, 0.2) is 0 Å². The van der Waals surface area contributed by atoms with Gasteiger partial charge >= 0.3 is 5.97 Å². The van der Waals surface area contributed by atoms with E-state index in [1.165, 1.54) is 10.9 Å². The molecule has 0 atom stereocenters. The predicted molar refractivity (Wildman–Crippen MR) is 62.0 cm³/mol. The first-order valence-corrected chi connectivity index (χ1v) is 5.26. The standard InChI is InChI=1S/C11H16N4O2/c1-11(2,3)17-10(16)8-7-14-15(9(8)13)6-4-5-12/h7H,4,6,13H2,1-3H3. The van der Waals surface area contributed by atoms with Crippen molar-refractivity contribution in [1.82, 2.24) is 9.78 Å². The van der Waals surface area contributed by atoms with Crippen LogP contribution in [-0.2, 0) is 11.3 Å². The van der Waals surface area contributed by atoms with Crippen LogP contribution in [0.5, 0.6) is 0 Å². The van der Waals surface area contributed by atoms with Crippen LogP contribution in [0.1, 0.15) is 37.6 Å².